The first-order valence-corrected chi connectivity index (χ1v) is 12.6. The molecule has 4 aromatic carbocycles. The summed E-state index contributed by atoms with van der Waals surface area (Å²) >= 11 is 0. The molecule has 4 rings (SSSR count). The van der Waals surface area contributed by atoms with Crippen LogP contribution in [0.4, 0.5) is 0 Å². The van der Waals surface area contributed by atoms with Crippen molar-refractivity contribution in [1.82, 2.24) is 10.6 Å². The van der Waals surface area contributed by atoms with Crippen molar-refractivity contribution in [2.75, 3.05) is 14.2 Å². The second-order valence-corrected chi connectivity index (χ2v) is 9.03. The standard InChI is InChI=1S/C32H30N2O6/c1-39-26-17-16-24(19-27(26)40-2)29(31(36)33-20-21-10-9-15-25(18-21)32(37)38)34-30(35)28(22-11-5-3-6-12-22)23-13-7-4-8-14-23/h3-19,28-29H,20H2,1-2H3,(H,33,36)(H,34,35)(H,37,38). The van der Waals surface area contributed by atoms with E-state index in [0.29, 0.717) is 22.6 Å². The molecule has 0 fully saturated rings. The highest BCUT2D eigenvalue weighted by atomic mass is 16.5. The van der Waals surface area contributed by atoms with Gasteiger partial charge in [-0.25, -0.2) is 4.79 Å². The van der Waals surface area contributed by atoms with E-state index in [4.69, 9.17) is 9.47 Å². The quantitative estimate of drug-likeness (QED) is 0.255. The molecule has 2 amide bonds. The Morgan fingerprint density at radius 2 is 1.32 bits per heavy atom. The highest BCUT2D eigenvalue weighted by molar-refractivity contribution is 5.93. The molecule has 204 valence electrons. The van der Waals surface area contributed by atoms with Crippen molar-refractivity contribution in [3.05, 3.63) is 131 Å². The van der Waals surface area contributed by atoms with Crippen LogP contribution >= 0.6 is 0 Å². The molecule has 0 radical (unpaired) electrons. The van der Waals surface area contributed by atoms with Crippen LogP contribution < -0.4 is 20.1 Å². The normalized spacial score (nSPS) is 11.4. The fourth-order valence-electron chi connectivity index (χ4n) is 4.45. The Morgan fingerprint density at radius 3 is 1.90 bits per heavy atom. The largest absolute Gasteiger partial charge is 0.493 e. The van der Waals surface area contributed by atoms with Gasteiger partial charge in [-0.1, -0.05) is 78.9 Å². The minimum Gasteiger partial charge on any atom is -0.493 e. The van der Waals surface area contributed by atoms with E-state index in [1.165, 1.54) is 26.4 Å². The number of carboxylic acids is 1. The third-order valence-corrected chi connectivity index (χ3v) is 6.46. The third-order valence-electron chi connectivity index (χ3n) is 6.46. The Kier molecular flexibility index (Phi) is 9.15. The lowest BCUT2D eigenvalue weighted by molar-refractivity contribution is -0.129. The van der Waals surface area contributed by atoms with E-state index in [1.54, 1.807) is 30.3 Å². The van der Waals surface area contributed by atoms with Gasteiger partial charge in [0.1, 0.15) is 6.04 Å². The lowest BCUT2D eigenvalue weighted by atomic mass is 9.90. The first kappa shape index (κ1) is 27.9. The number of ether oxygens (including phenoxy) is 2. The van der Waals surface area contributed by atoms with Gasteiger partial charge in [-0.2, -0.15) is 0 Å². The van der Waals surface area contributed by atoms with E-state index >= 15 is 0 Å². The zero-order valence-corrected chi connectivity index (χ0v) is 22.2. The average molecular weight is 539 g/mol. The van der Waals surface area contributed by atoms with E-state index in [-0.39, 0.29) is 18.0 Å². The molecule has 0 aliphatic rings. The van der Waals surface area contributed by atoms with Crippen LogP contribution in [0.15, 0.2) is 103 Å². The molecule has 1 atom stereocenters. The van der Waals surface area contributed by atoms with Gasteiger partial charge < -0.3 is 25.2 Å². The first-order valence-electron chi connectivity index (χ1n) is 12.6. The van der Waals surface area contributed by atoms with Gasteiger partial charge in [0.15, 0.2) is 11.5 Å². The third kappa shape index (κ3) is 6.66. The van der Waals surface area contributed by atoms with Crippen molar-refractivity contribution < 1.29 is 29.0 Å². The molecule has 0 spiro atoms. The molecule has 0 bridgehead atoms. The van der Waals surface area contributed by atoms with Crippen LogP contribution in [-0.2, 0) is 16.1 Å². The number of benzene rings is 4. The van der Waals surface area contributed by atoms with Crippen LogP contribution in [0.1, 0.15) is 44.6 Å². The number of hydrogen-bond donors (Lipinski definition) is 3. The summed E-state index contributed by atoms with van der Waals surface area (Å²) in [6.07, 6.45) is 0. The lowest BCUT2D eigenvalue weighted by Crippen LogP contribution is -2.42. The van der Waals surface area contributed by atoms with Crippen molar-refractivity contribution in [2.45, 2.75) is 18.5 Å². The fourth-order valence-corrected chi connectivity index (χ4v) is 4.45. The van der Waals surface area contributed by atoms with Crippen molar-refractivity contribution in [3.63, 3.8) is 0 Å². The molecular weight excluding hydrogens is 508 g/mol. The number of carboxylic acid groups (broad SMARTS) is 1. The lowest BCUT2D eigenvalue weighted by Gasteiger charge is -2.24. The number of nitrogens with one attached hydrogen (secondary N) is 2. The predicted molar refractivity (Wildman–Crippen MR) is 150 cm³/mol. The average Bonchev–Trinajstić information content (AvgIpc) is 2.99. The van der Waals surface area contributed by atoms with Gasteiger partial charge in [-0.05, 0) is 46.5 Å². The van der Waals surface area contributed by atoms with E-state index in [9.17, 15) is 19.5 Å². The maximum absolute atomic E-state index is 13.9. The Bertz CT molecular complexity index is 1430. The highest BCUT2D eigenvalue weighted by Crippen LogP contribution is 2.31. The first-order chi connectivity index (χ1) is 19.4. The summed E-state index contributed by atoms with van der Waals surface area (Å²) in [4.78, 5) is 38.9. The topological polar surface area (TPSA) is 114 Å². The van der Waals surface area contributed by atoms with Gasteiger partial charge >= 0.3 is 5.97 Å². The SMILES string of the molecule is COc1ccc(C(NC(=O)C(c2ccccc2)c2ccccc2)C(=O)NCc2cccc(C(=O)O)c2)cc1OC. The minimum absolute atomic E-state index is 0.0699. The van der Waals surface area contributed by atoms with Crippen LogP contribution in [-0.4, -0.2) is 37.1 Å². The monoisotopic (exact) mass is 538 g/mol. The van der Waals surface area contributed by atoms with Crippen molar-refractivity contribution in [1.29, 1.82) is 0 Å². The summed E-state index contributed by atoms with van der Waals surface area (Å²) in [5, 5.41) is 15.1. The van der Waals surface area contributed by atoms with E-state index in [2.05, 4.69) is 10.6 Å². The molecular formula is C32H30N2O6. The maximum Gasteiger partial charge on any atom is 0.335 e. The fraction of sp³-hybridized carbons (Fsp3) is 0.156. The summed E-state index contributed by atoms with van der Waals surface area (Å²) in [7, 11) is 3.00. The molecule has 8 heteroatoms. The minimum atomic E-state index is -1.08. The van der Waals surface area contributed by atoms with Crippen LogP contribution in [0, 0.1) is 0 Å². The zero-order valence-electron chi connectivity index (χ0n) is 22.2. The van der Waals surface area contributed by atoms with Gasteiger partial charge in [-0.3, -0.25) is 9.59 Å². The van der Waals surface area contributed by atoms with Crippen LogP contribution in [0.25, 0.3) is 0 Å². The summed E-state index contributed by atoms with van der Waals surface area (Å²) < 4.78 is 10.8. The van der Waals surface area contributed by atoms with Crippen molar-refractivity contribution >= 4 is 17.8 Å². The van der Waals surface area contributed by atoms with E-state index in [1.807, 2.05) is 60.7 Å². The second-order valence-electron chi connectivity index (χ2n) is 9.03. The second kappa shape index (κ2) is 13.1. The van der Waals surface area contributed by atoms with Gasteiger partial charge in [-0.15, -0.1) is 0 Å². The van der Waals surface area contributed by atoms with Crippen molar-refractivity contribution in [2.24, 2.45) is 0 Å². The number of carbonyl (C=O) groups excluding carboxylic acids is 2. The molecule has 40 heavy (non-hydrogen) atoms. The van der Waals surface area contributed by atoms with Crippen molar-refractivity contribution in [3.8, 4) is 11.5 Å². The maximum atomic E-state index is 13.9. The Balaban J connectivity index is 1.66. The van der Waals surface area contributed by atoms with E-state index in [0.717, 1.165) is 11.1 Å². The van der Waals surface area contributed by atoms with Gasteiger partial charge in [0.05, 0.1) is 25.7 Å². The predicted octanol–water partition coefficient (Wildman–Crippen LogP) is 4.71. The van der Waals surface area contributed by atoms with E-state index < -0.39 is 23.8 Å². The number of hydrogen-bond acceptors (Lipinski definition) is 5. The molecule has 0 heterocycles. The highest BCUT2D eigenvalue weighted by Gasteiger charge is 2.29. The number of rotatable bonds is 11. The molecule has 4 aromatic rings. The number of amides is 2. The summed E-state index contributed by atoms with van der Waals surface area (Å²) in [6, 6.07) is 28.9. The zero-order chi connectivity index (χ0) is 28.5. The molecule has 0 aromatic heterocycles. The summed E-state index contributed by atoms with van der Waals surface area (Å²) in [5.74, 6) is -1.67. The Morgan fingerprint density at radius 1 is 0.700 bits per heavy atom. The Hall–Kier alpha value is -5.11. The molecule has 0 aliphatic carbocycles. The van der Waals surface area contributed by atoms with Gasteiger partial charge in [0.2, 0.25) is 11.8 Å². The van der Waals surface area contributed by atoms with Crippen LogP contribution in [0.2, 0.25) is 0 Å². The van der Waals surface area contributed by atoms with Crippen LogP contribution in [0.5, 0.6) is 11.5 Å². The van der Waals surface area contributed by atoms with Gasteiger partial charge in [0, 0.05) is 6.54 Å². The number of carbonyl (C=O) groups is 3. The summed E-state index contributed by atoms with van der Waals surface area (Å²) in [6.45, 7) is 0.0699. The summed E-state index contributed by atoms with van der Waals surface area (Å²) in [5.41, 5.74) is 2.77. The number of methoxy groups -OCH3 is 2. The smallest absolute Gasteiger partial charge is 0.335 e. The molecule has 3 N–H and O–H groups in total. The molecule has 1 unspecified atom stereocenters. The van der Waals surface area contributed by atoms with Gasteiger partial charge in [0.25, 0.3) is 0 Å². The van der Waals surface area contributed by atoms with Crippen LogP contribution in [0.3, 0.4) is 0 Å². The number of aromatic carboxylic acids is 1. The Labute approximate surface area is 232 Å². The molecule has 0 aliphatic heterocycles. The molecule has 0 saturated heterocycles. The molecule has 0 saturated carbocycles. The molecule has 8 nitrogen and oxygen atoms in total.